The van der Waals surface area contributed by atoms with Gasteiger partial charge in [-0.05, 0) is 6.08 Å². The predicted octanol–water partition coefficient (Wildman–Crippen LogP) is 1.96. The maximum atomic E-state index is 13.6. The third-order valence-electron chi connectivity index (χ3n) is 1.71. The van der Waals surface area contributed by atoms with Crippen LogP contribution in [0.1, 0.15) is 0 Å². The molecule has 0 spiro atoms. The lowest BCUT2D eigenvalue weighted by Gasteiger charge is -2.26. The molecule has 0 N–H and O–H groups in total. The van der Waals surface area contributed by atoms with Gasteiger partial charge in [0.2, 0.25) is 5.85 Å². The van der Waals surface area contributed by atoms with Gasteiger partial charge < -0.3 is 9.53 Å². The van der Waals surface area contributed by atoms with Gasteiger partial charge in [-0.3, -0.25) is 0 Å². The highest BCUT2D eigenvalue weighted by Gasteiger charge is 2.37. The highest BCUT2D eigenvalue weighted by molar-refractivity contribution is 9.11. The summed E-state index contributed by atoms with van der Waals surface area (Å²) in [6, 6.07) is 0. The van der Waals surface area contributed by atoms with E-state index < -0.39 is 11.8 Å². The van der Waals surface area contributed by atoms with E-state index in [0.717, 1.165) is 0 Å². The molecule has 12 heavy (non-hydrogen) atoms. The number of hydrogen-bond donors (Lipinski definition) is 0. The van der Waals surface area contributed by atoms with Crippen molar-refractivity contribution in [2.45, 2.75) is 5.85 Å². The molecule has 4 heteroatoms. The van der Waals surface area contributed by atoms with Crippen LogP contribution in [-0.4, -0.2) is 19.3 Å². The molecule has 0 aromatic rings. The summed E-state index contributed by atoms with van der Waals surface area (Å²) in [6.07, 6.45) is 4.83. The first-order chi connectivity index (χ1) is 5.62. The van der Waals surface area contributed by atoms with E-state index in [2.05, 4.69) is 20.7 Å². The molecule has 1 rings (SSSR count). The molecule has 0 aromatic carbocycles. The number of halogens is 2. The minimum absolute atomic E-state index is 0.524. The fourth-order valence-electron chi connectivity index (χ4n) is 0.992. The smallest absolute Gasteiger partial charge is 0.242 e. The molecular weight excluding hydrogens is 227 g/mol. The van der Waals surface area contributed by atoms with Crippen molar-refractivity contribution in [1.82, 2.24) is 0 Å². The van der Waals surface area contributed by atoms with Crippen LogP contribution >= 0.6 is 15.9 Å². The van der Waals surface area contributed by atoms with Crippen LogP contribution in [0, 0.1) is 5.92 Å². The first-order valence-electron chi connectivity index (χ1n) is 3.38. The number of hydrogen-bond acceptors (Lipinski definition) is 2. The number of aldehydes is 1. The number of carbonyl (C=O) groups is 1. The van der Waals surface area contributed by atoms with E-state index in [1.165, 1.54) is 19.3 Å². The molecule has 2 unspecified atom stereocenters. The van der Waals surface area contributed by atoms with Crippen molar-refractivity contribution in [2.75, 3.05) is 7.11 Å². The molecule has 0 fully saturated rings. The summed E-state index contributed by atoms with van der Waals surface area (Å²) < 4.78 is 18.8. The Balaban J connectivity index is 2.96. The van der Waals surface area contributed by atoms with Crippen LogP contribution in [0.2, 0.25) is 0 Å². The van der Waals surface area contributed by atoms with Gasteiger partial charge in [-0.25, -0.2) is 4.39 Å². The molecule has 2 nitrogen and oxygen atoms in total. The van der Waals surface area contributed by atoms with Crippen LogP contribution in [0.25, 0.3) is 0 Å². The van der Waals surface area contributed by atoms with Gasteiger partial charge in [0.1, 0.15) is 6.29 Å². The van der Waals surface area contributed by atoms with Crippen LogP contribution < -0.4 is 0 Å². The first kappa shape index (κ1) is 9.61. The maximum absolute atomic E-state index is 13.6. The summed E-state index contributed by atoms with van der Waals surface area (Å²) in [4.78, 5) is 10.4. The van der Waals surface area contributed by atoms with E-state index >= 15 is 0 Å². The van der Waals surface area contributed by atoms with E-state index in [0.29, 0.717) is 10.8 Å². The zero-order valence-corrected chi connectivity index (χ0v) is 8.05. The zero-order valence-electron chi connectivity index (χ0n) is 6.46. The third-order valence-corrected chi connectivity index (χ3v) is 2.20. The zero-order chi connectivity index (χ0) is 9.19. The van der Waals surface area contributed by atoms with E-state index in [-0.39, 0.29) is 0 Å². The molecule has 0 radical (unpaired) electrons. The lowest BCUT2D eigenvalue weighted by Crippen LogP contribution is -2.34. The van der Waals surface area contributed by atoms with Gasteiger partial charge in [-0.2, -0.15) is 0 Å². The quantitative estimate of drug-likeness (QED) is 0.684. The topological polar surface area (TPSA) is 26.3 Å². The average molecular weight is 235 g/mol. The van der Waals surface area contributed by atoms with Gasteiger partial charge >= 0.3 is 0 Å². The second-order valence-corrected chi connectivity index (χ2v) is 3.37. The van der Waals surface area contributed by atoms with E-state index in [4.69, 9.17) is 0 Å². The van der Waals surface area contributed by atoms with Crippen LogP contribution in [-0.2, 0) is 9.53 Å². The number of rotatable bonds is 2. The van der Waals surface area contributed by atoms with Crippen molar-refractivity contribution in [3.05, 3.63) is 22.7 Å². The number of alkyl halides is 1. The minimum atomic E-state index is -2.00. The standard InChI is InChI=1S/C8H8BrFO2/c1-12-8(10)4-7(9)3-2-6(8)5-11/h2-6H,1H3. The first-order valence-corrected chi connectivity index (χ1v) is 4.17. The lowest BCUT2D eigenvalue weighted by molar-refractivity contribution is -0.134. The van der Waals surface area contributed by atoms with Crippen molar-refractivity contribution in [3.8, 4) is 0 Å². The Hall–Kier alpha value is -0.480. The lowest BCUT2D eigenvalue weighted by atomic mass is 9.97. The van der Waals surface area contributed by atoms with Crippen LogP contribution in [0.5, 0.6) is 0 Å². The summed E-state index contributed by atoms with van der Waals surface area (Å²) in [5.41, 5.74) is 0. The molecule has 0 amide bonds. The maximum Gasteiger partial charge on any atom is 0.242 e. The van der Waals surface area contributed by atoms with E-state index in [1.54, 1.807) is 6.08 Å². The van der Waals surface area contributed by atoms with Crippen molar-refractivity contribution in [2.24, 2.45) is 5.92 Å². The second-order valence-electron chi connectivity index (χ2n) is 2.45. The fourth-order valence-corrected chi connectivity index (χ4v) is 1.46. The fraction of sp³-hybridized carbons (Fsp3) is 0.375. The summed E-state index contributed by atoms with van der Waals surface area (Å²) in [7, 11) is 1.23. The summed E-state index contributed by atoms with van der Waals surface area (Å²) in [5.74, 6) is -2.86. The van der Waals surface area contributed by atoms with Gasteiger partial charge in [-0.1, -0.05) is 28.1 Å². The Morgan fingerprint density at radius 3 is 3.00 bits per heavy atom. The summed E-state index contributed by atoms with van der Waals surface area (Å²) >= 11 is 3.10. The molecule has 0 heterocycles. The van der Waals surface area contributed by atoms with Crippen molar-refractivity contribution < 1.29 is 13.9 Å². The Bertz CT molecular complexity index is 249. The summed E-state index contributed by atoms with van der Waals surface area (Å²) in [5, 5.41) is 0. The van der Waals surface area contributed by atoms with Gasteiger partial charge in [-0.15, -0.1) is 0 Å². The molecule has 0 bridgehead atoms. The predicted molar refractivity (Wildman–Crippen MR) is 46.6 cm³/mol. The van der Waals surface area contributed by atoms with Crippen molar-refractivity contribution >= 4 is 22.2 Å². The number of allylic oxidation sites excluding steroid dienone is 2. The Kier molecular flexibility index (Phi) is 2.80. The molecule has 2 atom stereocenters. The molecule has 1 aliphatic carbocycles. The van der Waals surface area contributed by atoms with E-state index in [9.17, 15) is 9.18 Å². The molecular formula is C8H8BrFO2. The van der Waals surface area contributed by atoms with E-state index in [1.807, 2.05) is 0 Å². The van der Waals surface area contributed by atoms with Gasteiger partial charge in [0.25, 0.3) is 0 Å². The molecule has 0 saturated carbocycles. The van der Waals surface area contributed by atoms with Crippen LogP contribution in [0.15, 0.2) is 22.7 Å². The second kappa shape index (κ2) is 3.49. The largest absolute Gasteiger partial charge is 0.345 e. The SMILES string of the molecule is COC1(F)C=C(Br)C=CC1C=O. The average Bonchev–Trinajstić information content (AvgIpc) is 2.05. The van der Waals surface area contributed by atoms with Gasteiger partial charge in [0, 0.05) is 11.6 Å². The molecule has 66 valence electrons. The van der Waals surface area contributed by atoms with Crippen molar-refractivity contribution in [3.63, 3.8) is 0 Å². The number of ether oxygens (including phenoxy) is 1. The van der Waals surface area contributed by atoms with Crippen molar-refractivity contribution in [1.29, 1.82) is 0 Å². The normalized spacial score (nSPS) is 34.6. The Morgan fingerprint density at radius 2 is 2.50 bits per heavy atom. The minimum Gasteiger partial charge on any atom is -0.345 e. The number of methoxy groups -OCH3 is 1. The Labute approximate surface area is 78.2 Å². The number of carbonyl (C=O) groups excluding carboxylic acids is 1. The summed E-state index contributed by atoms with van der Waals surface area (Å²) in [6.45, 7) is 0. The van der Waals surface area contributed by atoms with Gasteiger partial charge in [0.15, 0.2) is 0 Å². The molecule has 0 aromatic heterocycles. The van der Waals surface area contributed by atoms with Crippen LogP contribution in [0.3, 0.4) is 0 Å². The highest BCUT2D eigenvalue weighted by atomic mass is 79.9. The van der Waals surface area contributed by atoms with Gasteiger partial charge in [0.05, 0.1) is 5.92 Å². The third kappa shape index (κ3) is 1.64. The highest BCUT2D eigenvalue weighted by Crippen LogP contribution is 2.32. The van der Waals surface area contributed by atoms with Crippen LogP contribution in [0.4, 0.5) is 4.39 Å². The molecule has 0 saturated heterocycles. The monoisotopic (exact) mass is 234 g/mol. The molecule has 0 aliphatic heterocycles. The molecule has 1 aliphatic rings. The Morgan fingerprint density at radius 1 is 1.83 bits per heavy atom.